The molecule has 2 aromatic carbocycles. The number of urea groups is 1. The van der Waals surface area contributed by atoms with E-state index in [-0.39, 0.29) is 11.8 Å². The van der Waals surface area contributed by atoms with Crippen LogP contribution in [0.1, 0.15) is 12.5 Å². The summed E-state index contributed by atoms with van der Waals surface area (Å²) in [6.45, 7) is 6.17. The molecule has 0 bridgehead atoms. The molecule has 0 unspecified atom stereocenters. The Morgan fingerprint density at radius 1 is 1.04 bits per heavy atom. The van der Waals surface area contributed by atoms with Crippen LogP contribution < -0.4 is 15.0 Å². The molecule has 1 saturated heterocycles. The Kier molecular flexibility index (Phi) is 6.52. The molecule has 0 aromatic heterocycles. The average Bonchev–Trinajstić information content (AvgIpc) is 2.70. The number of amides is 2. The standard InChI is InChI=1S/C21H26FN3O2/c1-2-27-20-9-7-19(8-10-20)24-13-15-25(16-14-24)21(26)23-12-11-17-3-5-18(22)6-4-17/h3-10H,2,11-16H2,1H3,(H,23,26). The molecule has 3 rings (SSSR count). The predicted molar refractivity (Wildman–Crippen MR) is 105 cm³/mol. The maximum atomic E-state index is 12.9. The van der Waals surface area contributed by atoms with Crippen molar-refractivity contribution in [1.29, 1.82) is 0 Å². The van der Waals surface area contributed by atoms with Crippen molar-refractivity contribution in [2.75, 3.05) is 44.2 Å². The smallest absolute Gasteiger partial charge is 0.317 e. The average molecular weight is 371 g/mol. The Bertz CT molecular complexity index is 726. The molecule has 1 N–H and O–H groups in total. The van der Waals surface area contributed by atoms with Gasteiger partial charge >= 0.3 is 6.03 Å². The van der Waals surface area contributed by atoms with Crippen LogP contribution in [-0.4, -0.2) is 50.3 Å². The first kappa shape index (κ1) is 19.0. The molecule has 1 heterocycles. The number of carbonyl (C=O) groups is 1. The zero-order chi connectivity index (χ0) is 19.1. The second kappa shape index (κ2) is 9.26. The van der Waals surface area contributed by atoms with E-state index < -0.39 is 0 Å². The minimum Gasteiger partial charge on any atom is -0.494 e. The maximum Gasteiger partial charge on any atom is 0.317 e. The van der Waals surface area contributed by atoms with E-state index in [1.54, 1.807) is 12.1 Å². The van der Waals surface area contributed by atoms with Crippen LogP contribution in [-0.2, 0) is 6.42 Å². The van der Waals surface area contributed by atoms with E-state index >= 15 is 0 Å². The summed E-state index contributed by atoms with van der Waals surface area (Å²) < 4.78 is 18.4. The predicted octanol–water partition coefficient (Wildman–Crippen LogP) is 3.30. The molecule has 1 fully saturated rings. The second-order valence-electron chi connectivity index (χ2n) is 6.51. The summed E-state index contributed by atoms with van der Waals surface area (Å²) >= 11 is 0. The van der Waals surface area contributed by atoms with Crippen molar-refractivity contribution < 1.29 is 13.9 Å². The van der Waals surface area contributed by atoms with Gasteiger partial charge in [-0.3, -0.25) is 0 Å². The van der Waals surface area contributed by atoms with Gasteiger partial charge in [0.05, 0.1) is 6.61 Å². The lowest BCUT2D eigenvalue weighted by molar-refractivity contribution is 0.194. The van der Waals surface area contributed by atoms with Crippen molar-refractivity contribution in [3.05, 3.63) is 59.9 Å². The Morgan fingerprint density at radius 2 is 1.70 bits per heavy atom. The number of benzene rings is 2. The lowest BCUT2D eigenvalue weighted by Gasteiger charge is -2.36. The number of halogens is 1. The molecule has 0 saturated carbocycles. The number of nitrogens with zero attached hydrogens (tertiary/aromatic N) is 2. The van der Waals surface area contributed by atoms with Crippen LogP contribution in [0.15, 0.2) is 48.5 Å². The Hall–Kier alpha value is -2.76. The fourth-order valence-corrected chi connectivity index (χ4v) is 3.16. The molecule has 1 aliphatic heterocycles. The zero-order valence-corrected chi connectivity index (χ0v) is 15.7. The van der Waals surface area contributed by atoms with E-state index in [1.165, 1.54) is 12.1 Å². The van der Waals surface area contributed by atoms with E-state index in [4.69, 9.17) is 4.74 Å². The summed E-state index contributed by atoms with van der Waals surface area (Å²) in [6, 6.07) is 14.4. The van der Waals surface area contributed by atoms with Crippen molar-refractivity contribution in [1.82, 2.24) is 10.2 Å². The van der Waals surface area contributed by atoms with Gasteiger partial charge in [0.25, 0.3) is 0 Å². The number of hydrogen-bond acceptors (Lipinski definition) is 3. The highest BCUT2D eigenvalue weighted by molar-refractivity contribution is 5.74. The van der Waals surface area contributed by atoms with E-state index in [0.717, 1.165) is 30.1 Å². The highest BCUT2D eigenvalue weighted by atomic mass is 19.1. The highest BCUT2D eigenvalue weighted by Gasteiger charge is 2.21. The van der Waals surface area contributed by atoms with Crippen LogP contribution in [0.4, 0.5) is 14.9 Å². The van der Waals surface area contributed by atoms with Gasteiger partial charge in [0.1, 0.15) is 11.6 Å². The van der Waals surface area contributed by atoms with Gasteiger partial charge in [0.15, 0.2) is 0 Å². The summed E-state index contributed by atoms with van der Waals surface area (Å²) in [5.41, 5.74) is 2.16. The largest absolute Gasteiger partial charge is 0.494 e. The topological polar surface area (TPSA) is 44.8 Å². The van der Waals surface area contributed by atoms with Crippen molar-refractivity contribution in [3.63, 3.8) is 0 Å². The molecule has 6 heteroatoms. The number of carbonyl (C=O) groups excluding carboxylic acids is 1. The number of rotatable bonds is 6. The molecule has 0 spiro atoms. The molecule has 0 radical (unpaired) electrons. The lowest BCUT2D eigenvalue weighted by atomic mass is 10.1. The normalized spacial score (nSPS) is 14.1. The SMILES string of the molecule is CCOc1ccc(N2CCN(C(=O)NCCc3ccc(F)cc3)CC2)cc1. The van der Waals surface area contributed by atoms with Crippen LogP contribution in [0.2, 0.25) is 0 Å². The third-order valence-corrected chi connectivity index (χ3v) is 4.68. The van der Waals surface area contributed by atoms with Gasteiger partial charge in [-0.05, 0) is 55.3 Å². The number of hydrogen-bond donors (Lipinski definition) is 1. The molecule has 1 aliphatic rings. The Labute approximate surface area is 159 Å². The minimum absolute atomic E-state index is 0.0385. The third kappa shape index (κ3) is 5.36. The van der Waals surface area contributed by atoms with E-state index in [1.807, 2.05) is 24.0 Å². The first-order valence-corrected chi connectivity index (χ1v) is 9.40. The number of piperazine rings is 1. The van der Waals surface area contributed by atoms with Crippen molar-refractivity contribution in [2.45, 2.75) is 13.3 Å². The van der Waals surface area contributed by atoms with Crippen molar-refractivity contribution in [2.24, 2.45) is 0 Å². The Balaban J connectivity index is 1.41. The van der Waals surface area contributed by atoms with Gasteiger partial charge in [-0.1, -0.05) is 12.1 Å². The van der Waals surface area contributed by atoms with Crippen molar-refractivity contribution >= 4 is 11.7 Å². The number of anilines is 1. The first-order chi connectivity index (χ1) is 13.2. The van der Waals surface area contributed by atoms with Crippen LogP contribution in [0.3, 0.4) is 0 Å². The highest BCUT2D eigenvalue weighted by Crippen LogP contribution is 2.20. The molecule has 2 aromatic rings. The van der Waals surface area contributed by atoms with Gasteiger partial charge in [-0.25, -0.2) is 9.18 Å². The minimum atomic E-state index is -0.242. The fourth-order valence-electron chi connectivity index (χ4n) is 3.16. The van der Waals surface area contributed by atoms with Crippen LogP contribution in [0.25, 0.3) is 0 Å². The van der Waals surface area contributed by atoms with E-state index in [0.29, 0.717) is 32.7 Å². The van der Waals surface area contributed by atoms with Crippen molar-refractivity contribution in [3.8, 4) is 5.75 Å². The quantitative estimate of drug-likeness (QED) is 0.847. The van der Waals surface area contributed by atoms with Crippen LogP contribution in [0.5, 0.6) is 5.75 Å². The van der Waals surface area contributed by atoms with E-state index in [2.05, 4.69) is 22.3 Å². The third-order valence-electron chi connectivity index (χ3n) is 4.68. The monoisotopic (exact) mass is 371 g/mol. The van der Waals surface area contributed by atoms with E-state index in [9.17, 15) is 9.18 Å². The molecule has 0 atom stereocenters. The van der Waals surface area contributed by atoms with Gasteiger partial charge < -0.3 is 19.9 Å². The zero-order valence-electron chi connectivity index (χ0n) is 15.7. The number of ether oxygens (including phenoxy) is 1. The summed E-state index contributed by atoms with van der Waals surface area (Å²) in [7, 11) is 0. The molecule has 5 nitrogen and oxygen atoms in total. The molecular weight excluding hydrogens is 345 g/mol. The lowest BCUT2D eigenvalue weighted by Crippen LogP contribution is -2.52. The summed E-state index contributed by atoms with van der Waals surface area (Å²) in [5.74, 6) is 0.633. The van der Waals surface area contributed by atoms with Gasteiger partial charge in [-0.15, -0.1) is 0 Å². The fraction of sp³-hybridized carbons (Fsp3) is 0.381. The molecule has 0 aliphatic carbocycles. The molecule has 144 valence electrons. The molecule has 27 heavy (non-hydrogen) atoms. The summed E-state index contributed by atoms with van der Waals surface area (Å²) in [5, 5.41) is 2.95. The van der Waals surface area contributed by atoms with Gasteiger partial charge in [0, 0.05) is 38.4 Å². The second-order valence-corrected chi connectivity index (χ2v) is 6.51. The van der Waals surface area contributed by atoms with Gasteiger partial charge in [0.2, 0.25) is 0 Å². The summed E-state index contributed by atoms with van der Waals surface area (Å²) in [4.78, 5) is 16.4. The Morgan fingerprint density at radius 3 is 2.33 bits per heavy atom. The van der Waals surface area contributed by atoms with Gasteiger partial charge in [-0.2, -0.15) is 0 Å². The summed E-state index contributed by atoms with van der Waals surface area (Å²) in [6.07, 6.45) is 0.693. The van der Waals surface area contributed by atoms with Crippen LogP contribution >= 0.6 is 0 Å². The van der Waals surface area contributed by atoms with Crippen LogP contribution in [0, 0.1) is 5.82 Å². The maximum absolute atomic E-state index is 12.9. The number of nitrogens with one attached hydrogen (secondary N) is 1. The molecule has 2 amide bonds. The molecular formula is C21H26FN3O2. The first-order valence-electron chi connectivity index (χ1n) is 9.40.